The Morgan fingerprint density at radius 2 is 1.94 bits per heavy atom. The van der Waals surface area contributed by atoms with Crippen LogP contribution in [-0.2, 0) is 4.74 Å². The van der Waals surface area contributed by atoms with Crippen LogP contribution < -0.4 is 5.32 Å². The van der Waals surface area contributed by atoms with Gasteiger partial charge >= 0.3 is 12.3 Å². The van der Waals surface area contributed by atoms with E-state index in [0.717, 1.165) is 12.1 Å². The number of ether oxygens (including phenoxy) is 1. The number of carbonyl (C=O) groups excluding carboxylic acids is 1. The highest BCUT2D eigenvalue weighted by atomic mass is 19.4. The van der Waals surface area contributed by atoms with E-state index in [2.05, 4.69) is 4.74 Å². The molecule has 1 aromatic carbocycles. The molecule has 3 nitrogen and oxygen atoms in total. The number of rotatable bonds is 2. The van der Waals surface area contributed by atoms with Crippen LogP contribution >= 0.6 is 0 Å². The van der Waals surface area contributed by atoms with Crippen molar-refractivity contribution in [3.8, 4) is 0 Å². The van der Waals surface area contributed by atoms with Crippen LogP contribution in [0.3, 0.4) is 0 Å². The first-order valence-corrected chi connectivity index (χ1v) is 4.23. The molecule has 1 aromatic rings. The zero-order valence-corrected chi connectivity index (χ0v) is 8.15. The van der Waals surface area contributed by atoms with E-state index >= 15 is 0 Å². The van der Waals surface area contributed by atoms with Gasteiger partial charge in [-0.1, -0.05) is 0 Å². The van der Waals surface area contributed by atoms with Crippen molar-refractivity contribution in [3.63, 3.8) is 0 Å². The van der Waals surface area contributed by atoms with Crippen LogP contribution in [0, 0.1) is 11.6 Å². The largest absolute Gasteiger partial charge is 0.440 e. The lowest BCUT2D eigenvalue weighted by Crippen LogP contribution is -2.23. The third-order valence-corrected chi connectivity index (χ3v) is 1.53. The minimum absolute atomic E-state index is 0.472. The third-order valence-electron chi connectivity index (χ3n) is 1.53. The summed E-state index contributed by atoms with van der Waals surface area (Å²) < 4.78 is 64.1. The minimum atomic E-state index is -4.67. The van der Waals surface area contributed by atoms with Crippen molar-refractivity contribution < 1.29 is 31.5 Å². The minimum Gasteiger partial charge on any atom is -0.440 e. The molecular weight excluding hydrogens is 249 g/mol. The van der Waals surface area contributed by atoms with Crippen LogP contribution in [0.4, 0.5) is 32.4 Å². The molecule has 0 aliphatic heterocycles. The Morgan fingerprint density at radius 3 is 2.47 bits per heavy atom. The Labute approximate surface area is 92.2 Å². The Balaban J connectivity index is 2.57. The van der Waals surface area contributed by atoms with Crippen molar-refractivity contribution in [1.82, 2.24) is 0 Å². The Morgan fingerprint density at radius 1 is 1.29 bits per heavy atom. The molecule has 0 fully saturated rings. The highest BCUT2D eigenvalue weighted by molar-refractivity contribution is 5.84. The molecule has 17 heavy (non-hydrogen) atoms. The summed E-state index contributed by atoms with van der Waals surface area (Å²) in [6.45, 7) is -1.79. The van der Waals surface area contributed by atoms with Crippen LogP contribution in [0.15, 0.2) is 18.2 Å². The molecule has 0 bridgehead atoms. The zero-order valence-electron chi connectivity index (χ0n) is 8.15. The van der Waals surface area contributed by atoms with E-state index in [9.17, 15) is 26.7 Å². The average Bonchev–Trinajstić information content (AvgIpc) is 2.18. The second-order valence-electron chi connectivity index (χ2n) is 2.94. The maximum atomic E-state index is 13.0. The zero-order chi connectivity index (χ0) is 13.1. The monoisotopic (exact) mass is 255 g/mol. The summed E-state index contributed by atoms with van der Waals surface area (Å²) in [5.74, 6) is -1.99. The van der Waals surface area contributed by atoms with E-state index < -0.39 is 36.2 Å². The smallest absolute Gasteiger partial charge is 0.422 e. The Bertz CT molecular complexity index is 418. The van der Waals surface area contributed by atoms with Gasteiger partial charge in [0, 0.05) is 6.07 Å². The van der Waals surface area contributed by atoms with Crippen molar-refractivity contribution in [3.05, 3.63) is 29.8 Å². The summed E-state index contributed by atoms with van der Waals surface area (Å²) in [6.07, 6.45) is -6.15. The molecule has 0 unspecified atom stereocenters. The van der Waals surface area contributed by atoms with Gasteiger partial charge in [-0.3, -0.25) is 5.32 Å². The van der Waals surface area contributed by atoms with Gasteiger partial charge in [-0.15, -0.1) is 0 Å². The quantitative estimate of drug-likeness (QED) is 0.825. The van der Waals surface area contributed by atoms with Crippen LogP contribution in [0.5, 0.6) is 0 Å². The lowest BCUT2D eigenvalue weighted by Gasteiger charge is -2.09. The molecule has 0 radical (unpaired) electrons. The molecule has 1 N–H and O–H groups in total. The number of hydrogen-bond acceptors (Lipinski definition) is 2. The van der Waals surface area contributed by atoms with Gasteiger partial charge in [-0.05, 0) is 12.1 Å². The number of halogens is 5. The first-order chi connectivity index (χ1) is 7.78. The van der Waals surface area contributed by atoms with E-state index in [0.29, 0.717) is 6.07 Å². The molecule has 94 valence electrons. The molecule has 0 aliphatic rings. The van der Waals surface area contributed by atoms with Gasteiger partial charge in [0.1, 0.15) is 11.6 Å². The number of anilines is 1. The predicted octanol–water partition coefficient (Wildman–Crippen LogP) is 3.08. The summed E-state index contributed by atoms with van der Waals surface area (Å²) in [5.41, 5.74) is -0.474. The Kier molecular flexibility index (Phi) is 3.87. The fourth-order valence-electron chi connectivity index (χ4n) is 0.884. The standard InChI is InChI=1S/C9H6F5NO2/c10-5-1-2-7(6(11)3-5)15-8(16)17-4-9(12,13)14/h1-3H,4H2,(H,15,16). The maximum absolute atomic E-state index is 13.0. The lowest BCUT2D eigenvalue weighted by molar-refractivity contribution is -0.159. The molecule has 0 saturated carbocycles. The summed E-state index contributed by atoms with van der Waals surface area (Å²) in [4.78, 5) is 10.8. The van der Waals surface area contributed by atoms with Crippen LogP contribution in [0.2, 0.25) is 0 Å². The number of hydrogen-bond donors (Lipinski definition) is 1. The third kappa shape index (κ3) is 4.66. The van der Waals surface area contributed by atoms with Crippen molar-refractivity contribution in [2.24, 2.45) is 0 Å². The van der Waals surface area contributed by atoms with Gasteiger partial charge in [0.25, 0.3) is 0 Å². The maximum Gasteiger partial charge on any atom is 0.422 e. The van der Waals surface area contributed by atoms with Crippen molar-refractivity contribution in [2.45, 2.75) is 6.18 Å². The average molecular weight is 255 g/mol. The van der Waals surface area contributed by atoms with Crippen LogP contribution in [0.25, 0.3) is 0 Å². The lowest BCUT2D eigenvalue weighted by atomic mass is 10.3. The molecule has 0 spiro atoms. The van der Waals surface area contributed by atoms with E-state index in [4.69, 9.17) is 0 Å². The predicted molar refractivity (Wildman–Crippen MR) is 47.4 cm³/mol. The van der Waals surface area contributed by atoms with Gasteiger partial charge in [-0.2, -0.15) is 13.2 Å². The molecule has 0 atom stereocenters. The number of amides is 1. The van der Waals surface area contributed by atoms with Gasteiger partial charge in [0.2, 0.25) is 0 Å². The van der Waals surface area contributed by atoms with E-state index in [1.165, 1.54) is 0 Å². The summed E-state index contributed by atoms with van der Waals surface area (Å²) in [5, 5.41) is 1.71. The van der Waals surface area contributed by atoms with Gasteiger partial charge < -0.3 is 4.74 Å². The van der Waals surface area contributed by atoms with Crippen molar-refractivity contribution >= 4 is 11.8 Å². The fourth-order valence-corrected chi connectivity index (χ4v) is 0.884. The van der Waals surface area contributed by atoms with E-state index in [1.807, 2.05) is 0 Å². The molecule has 0 aromatic heterocycles. The molecule has 0 saturated heterocycles. The number of alkyl halides is 3. The normalized spacial score (nSPS) is 11.1. The van der Waals surface area contributed by atoms with Gasteiger partial charge in [-0.25, -0.2) is 13.6 Å². The molecule has 1 rings (SSSR count). The molecule has 8 heteroatoms. The SMILES string of the molecule is O=C(Nc1ccc(F)cc1F)OCC(F)(F)F. The summed E-state index contributed by atoms with van der Waals surface area (Å²) in [6, 6.07) is 2.17. The summed E-state index contributed by atoms with van der Waals surface area (Å²) >= 11 is 0. The first kappa shape index (κ1) is 13.2. The van der Waals surface area contributed by atoms with E-state index in [-0.39, 0.29) is 0 Å². The van der Waals surface area contributed by atoms with Crippen LogP contribution in [0.1, 0.15) is 0 Å². The van der Waals surface area contributed by atoms with E-state index in [1.54, 1.807) is 5.32 Å². The first-order valence-electron chi connectivity index (χ1n) is 4.23. The molecular formula is C9H6F5NO2. The molecule has 1 amide bonds. The van der Waals surface area contributed by atoms with Crippen molar-refractivity contribution in [1.29, 1.82) is 0 Å². The number of nitrogens with one attached hydrogen (secondary N) is 1. The van der Waals surface area contributed by atoms with Gasteiger partial charge in [0.05, 0.1) is 5.69 Å². The molecule has 0 aliphatic carbocycles. The van der Waals surface area contributed by atoms with Gasteiger partial charge in [0.15, 0.2) is 6.61 Å². The highest BCUT2D eigenvalue weighted by Gasteiger charge is 2.29. The van der Waals surface area contributed by atoms with Crippen LogP contribution in [-0.4, -0.2) is 18.9 Å². The van der Waals surface area contributed by atoms with Crippen molar-refractivity contribution in [2.75, 3.05) is 11.9 Å². The fraction of sp³-hybridized carbons (Fsp3) is 0.222. The second kappa shape index (κ2) is 4.98. The Hall–Kier alpha value is -1.86. The number of benzene rings is 1. The topological polar surface area (TPSA) is 38.3 Å². The summed E-state index contributed by atoms with van der Waals surface area (Å²) in [7, 11) is 0. The second-order valence-corrected chi connectivity index (χ2v) is 2.94. The highest BCUT2D eigenvalue weighted by Crippen LogP contribution is 2.17. The molecule has 0 heterocycles. The number of carbonyl (C=O) groups is 1.